The van der Waals surface area contributed by atoms with Gasteiger partial charge in [-0.15, -0.1) is 0 Å². The molecule has 18 heavy (non-hydrogen) atoms. The van der Waals surface area contributed by atoms with E-state index in [0.717, 1.165) is 24.0 Å². The Kier molecular flexibility index (Phi) is 5.04. The third kappa shape index (κ3) is 3.71. The van der Waals surface area contributed by atoms with E-state index in [1.54, 1.807) is 0 Å². The second-order valence-electron chi connectivity index (χ2n) is 5.41. The van der Waals surface area contributed by atoms with Crippen LogP contribution in [0.1, 0.15) is 24.8 Å². The van der Waals surface area contributed by atoms with Crippen LogP contribution in [0.25, 0.3) is 0 Å². The highest BCUT2D eigenvalue weighted by Gasteiger charge is 2.26. The maximum absolute atomic E-state index is 6.02. The maximum atomic E-state index is 6.02. The molecule has 0 amide bonds. The van der Waals surface area contributed by atoms with Crippen LogP contribution < -0.4 is 5.32 Å². The van der Waals surface area contributed by atoms with E-state index in [1.807, 2.05) is 12.1 Å². The summed E-state index contributed by atoms with van der Waals surface area (Å²) in [5.74, 6) is 0.791. The summed E-state index contributed by atoms with van der Waals surface area (Å²) in [6.07, 6.45) is 4.04. The number of nitrogens with zero attached hydrogens (tertiary/aromatic N) is 1. The van der Waals surface area contributed by atoms with E-state index in [4.69, 9.17) is 11.6 Å². The summed E-state index contributed by atoms with van der Waals surface area (Å²) in [6, 6.07) is 8.86. The fraction of sp³-hybridized carbons (Fsp3) is 0.600. The van der Waals surface area contributed by atoms with Crippen LogP contribution in [-0.2, 0) is 6.54 Å². The molecular weight excluding hydrogens is 244 g/mol. The number of nitrogens with one attached hydrogen (secondary N) is 1. The van der Waals surface area contributed by atoms with Crippen LogP contribution >= 0.6 is 11.6 Å². The van der Waals surface area contributed by atoms with E-state index >= 15 is 0 Å². The lowest BCUT2D eigenvalue weighted by molar-refractivity contribution is 0.249. The lowest BCUT2D eigenvalue weighted by atomic mass is 10.0. The molecule has 2 nitrogen and oxygen atoms in total. The minimum absolute atomic E-state index is 0.701. The average Bonchev–Trinajstić information content (AvgIpc) is 2.76. The van der Waals surface area contributed by atoms with E-state index in [1.165, 1.54) is 24.8 Å². The number of hydrogen-bond acceptors (Lipinski definition) is 2. The molecule has 0 bridgehead atoms. The van der Waals surface area contributed by atoms with Gasteiger partial charge in [-0.05, 0) is 50.6 Å². The van der Waals surface area contributed by atoms with Gasteiger partial charge in [-0.2, -0.15) is 0 Å². The van der Waals surface area contributed by atoms with Gasteiger partial charge >= 0.3 is 0 Å². The first-order valence-corrected chi connectivity index (χ1v) is 7.17. The number of halogens is 1. The third-order valence-electron chi connectivity index (χ3n) is 3.92. The van der Waals surface area contributed by atoms with Gasteiger partial charge in [0.2, 0.25) is 0 Å². The molecule has 0 spiro atoms. The minimum Gasteiger partial charge on any atom is -0.317 e. The zero-order valence-electron chi connectivity index (χ0n) is 11.3. The van der Waals surface area contributed by atoms with Crippen LogP contribution in [0.15, 0.2) is 24.3 Å². The van der Waals surface area contributed by atoms with Crippen molar-refractivity contribution < 1.29 is 0 Å². The van der Waals surface area contributed by atoms with Crippen molar-refractivity contribution in [2.45, 2.75) is 31.8 Å². The Labute approximate surface area is 115 Å². The normalized spacial score (nSPS) is 23.8. The molecule has 2 atom stereocenters. The molecule has 1 fully saturated rings. The first-order chi connectivity index (χ1) is 8.69. The van der Waals surface area contributed by atoms with Crippen molar-refractivity contribution in [3.8, 4) is 0 Å². The van der Waals surface area contributed by atoms with Crippen molar-refractivity contribution in [2.75, 3.05) is 20.6 Å². The second kappa shape index (κ2) is 6.55. The van der Waals surface area contributed by atoms with Crippen LogP contribution in [-0.4, -0.2) is 31.6 Å². The highest BCUT2D eigenvalue weighted by molar-refractivity contribution is 6.30. The highest BCUT2D eigenvalue weighted by Crippen LogP contribution is 2.26. The van der Waals surface area contributed by atoms with Crippen molar-refractivity contribution in [3.63, 3.8) is 0 Å². The summed E-state index contributed by atoms with van der Waals surface area (Å²) >= 11 is 6.02. The van der Waals surface area contributed by atoms with Crippen molar-refractivity contribution in [1.29, 1.82) is 0 Å². The molecule has 1 aromatic rings. The van der Waals surface area contributed by atoms with Gasteiger partial charge in [-0.3, -0.25) is 0 Å². The summed E-state index contributed by atoms with van der Waals surface area (Å²) in [7, 11) is 4.28. The predicted octanol–water partition coefficient (Wildman–Crippen LogP) is 3.16. The zero-order valence-corrected chi connectivity index (χ0v) is 12.1. The summed E-state index contributed by atoms with van der Waals surface area (Å²) in [6.45, 7) is 2.14. The molecule has 0 aliphatic heterocycles. The first kappa shape index (κ1) is 13.9. The maximum Gasteiger partial charge on any atom is 0.0409 e. The fourth-order valence-electron chi connectivity index (χ4n) is 3.05. The minimum atomic E-state index is 0.701. The molecule has 0 saturated heterocycles. The monoisotopic (exact) mass is 266 g/mol. The van der Waals surface area contributed by atoms with Crippen molar-refractivity contribution >= 4 is 11.6 Å². The Hall–Kier alpha value is -0.570. The lowest BCUT2D eigenvalue weighted by Crippen LogP contribution is -2.36. The average molecular weight is 267 g/mol. The van der Waals surface area contributed by atoms with E-state index in [9.17, 15) is 0 Å². The van der Waals surface area contributed by atoms with Crippen LogP contribution in [0, 0.1) is 5.92 Å². The van der Waals surface area contributed by atoms with E-state index in [0.29, 0.717) is 6.04 Å². The number of rotatable bonds is 5. The second-order valence-corrected chi connectivity index (χ2v) is 5.85. The van der Waals surface area contributed by atoms with Gasteiger partial charge < -0.3 is 10.2 Å². The Morgan fingerprint density at radius 1 is 1.39 bits per heavy atom. The smallest absolute Gasteiger partial charge is 0.0409 e. The quantitative estimate of drug-likeness (QED) is 0.881. The van der Waals surface area contributed by atoms with Gasteiger partial charge in [0.05, 0.1) is 0 Å². The van der Waals surface area contributed by atoms with Gasteiger partial charge in [-0.25, -0.2) is 0 Å². The largest absolute Gasteiger partial charge is 0.317 e. The molecular formula is C15H23ClN2. The fourth-order valence-corrected chi connectivity index (χ4v) is 3.26. The van der Waals surface area contributed by atoms with Gasteiger partial charge in [0.15, 0.2) is 0 Å². The standard InChI is InChI=1S/C15H23ClN2/c1-17-15-8-4-6-13(15)11-18(2)10-12-5-3-7-14(16)9-12/h3,5,7,9,13,15,17H,4,6,8,10-11H2,1-2H3. The molecule has 3 heteroatoms. The summed E-state index contributed by atoms with van der Waals surface area (Å²) in [4.78, 5) is 2.41. The van der Waals surface area contributed by atoms with E-state index in [2.05, 4.69) is 36.4 Å². The molecule has 1 saturated carbocycles. The van der Waals surface area contributed by atoms with Crippen LogP contribution in [0.4, 0.5) is 0 Å². The molecule has 0 radical (unpaired) electrons. The topological polar surface area (TPSA) is 15.3 Å². The molecule has 1 aromatic carbocycles. The molecule has 100 valence electrons. The molecule has 1 aliphatic rings. The van der Waals surface area contributed by atoms with Crippen molar-refractivity contribution in [3.05, 3.63) is 34.9 Å². The van der Waals surface area contributed by atoms with Crippen molar-refractivity contribution in [2.24, 2.45) is 5.92 Å². The Morgan fingerprint density at radius 2 is 2.22 bits per heavy atom. The number of benzene rings is 1. The summed E-state index contributed by atoms with van der Waals surface area (Å²) in [5, 5.41) is 4.27. The highest BCUT2D eigenvalue weighted by atomic mass is 35.5. The molecule has 2 unspecified atom stereocenters. The van der Waals surface area contributed by atoms with Crippen molar-refractivity contribution in [1.82, 2.24) is 10.2 Å². The van der Waals surface area contributed by atoms with E-state index in [-0.39, 0.29) is 0 Å². The molecule has 0 aromatic heterocycles. The van der Waals surface area contributed by atoms with Crippen LogP contribution in [0.3, 0.4) is 0 Å². The SMILES string of the molecule is CNC1CCCC1CN(C)Cc1cccc(Cl)c1. The summed E-state index contributed by atoms with van der Waals surface area (Å²) in [5.41, 5.74) is 1.30. The van der Waals surface area contributed by atoms with E-state index < -0.39 is 0 Å². The molecule has 0 heterocycles. The van der Waals surface area contributed by atoms with Crippen LogP contribution in [0.5, 0.6) is 0 Å². The van der Waals surface area contributed by atoms with Gasteiger partial charge in [-0.1, -0.05) is 30.2 Å². The molecule has 1 aliphatic carbocycles. The Balaban J connectivity index is 1.86. The van der Waals surface area contributed by atoms with Gasteiger partial charge in [0.25, 0.3) is 0 Å². The van der Waals surface area contributed by atoms with Crippen LogP contribution in [0.2, 0.25) is 5.02 Å². The third-order valence-corrected chi connectivity index (χ3v) is 4.15. The van der Waals surface area contributed by atoms with Gasteiger partial charge in [0, 0.05) is 24.2 Å². The molecule has 2 rings (SSSR count). The molecule has 1 N–H and O–H groups in total. The Morgan fingerprint density at radius 3 is 2.94 bits per heavy atom. The first-order valence-electron chi connectivity index (χ1n) is 6.79. The Bertz CT molecular complexity index is 381. The zero-order chi connectivity index (χ0) is 13.0. The summed E-state index contributed by atoms with van der Waals surface area (Å²) < 4.78 is 0. The van der Waals surface area contributed by atoms with Gasteiger partial charge in [0.1, 0.15) is 0 Å². The number of hydrogen-bond donors (Lipinski definition) is 1. The lowest BCUT2D eigenvalue weighted by Gasteiger charge is -2.25. The predicted molar refractivity (Wildman–Crippen MR) is 78.0 cm³/mol.